The molecule has 46 heavy (non-hydrogen) atoms. The van der Waals surface area contributed by atoms with Gasteiger partial charge in [0.15, 0.2) is 87.1 Å². The molecule has 0 spiro atoms. The molecule has 6 rings (SSSR count). The SMILES string of the molecule is Fc1ccc(F)c(OB(Oc2c(F)ccc(F)c2F)c2c(F)c(F)c3c(F)c(F)c4c(F)c(F)c(F)c5c(F)c(F)c2c3c45)c1F. The van der Waals surface area contributed by atoms with Crippen molar-refractivity contribution < 1.29 is 75.2 Å². The van der Waals surface area contributed by atoms with Gasteiger partial charge in [-0.25, -0.2) is 57.1 Å². The van der Waals surface area contributed by atoms with Crippen LogP contribution < -0.4 is 14.8 Å². The standard InChI is InChI=1S/C28H4BF15O2/c30-5-1-3-7(32)27(16(5)34)45-29(46-28-8(33)4-2-6(31)17(28)35)15-11-9-10-13(19(37)18(11)36)23(41)26(44)24(42)14(10)21(39)20(38)12(9)22(40)25(15)43/h1-4H. The van der Waals surface area contributed by atoms with Crippen molar-refractivity contribution in [2.45, 2.75) is 0 Å². The van der Waals surface area contributed by atoms with Gasteiger partial charge in [-0.3, -0.25) is 0 Å². The fourth-order valence-corrected chi connectivity index (χ4v) is 4.96. The van der Waals surface area contributed by atoms with Crippen molar-refractivity contribution in [3.8, 4) is 11.5 Å². The number of halogens is 15. The highest BCUT2D eigenvalue weighted by Gasteiger charge is 2.43. The Morgan fingerprint density at radius 2 is 0.609 bits per heavy atom. The van der Waals surface area contributed by atoms with Crippen molar-refractivity contribution in [2.75, 3.05) is 0 Å². The summed E-state index contributed by atoms with van der Waals surface area (Å²) < 4.78 is 232. The Balaban J connectivity index is 1.83. The van der Waals surface area contributed by atoms with Crippen LogP contribution in [0.25, 0.3) is 32.3 Å². The van der Waals surface area contributed by atoms with Gasteiger partial charge in [0.2, 0.25) is 11.6 Å². The van der Waals surface area contributed by atoms with E-state index in [4.69, 9.17) is 9.31 Å². The lowest BCUT2D eigenvalue weighted by atomic mass is 9.73. The second-order valence-electron chi connectivity index (χ2n) is 9.40. The highest BCUT2D eigenvalue weighted by Crippen LogP contribution is 2.45. The van der Waals surface area contributed by atoms with Gasteiger partial charge in [0.05, 0.1) is 21.6 Å². The zero-order chi connectivity index (χ0) is 33.7. The van der Waals surface area contributed by atoms with Crippen molar-refractivity contribution in [3.05, 3.63) is 112 Å². The van der Waals surface area contributed by atoms with E-state index < -0.39 is 144 Å². The summed E-state index contributed by atoms with van der Waals surface area (Å²) in [6.45, 7) is 0. The zero-order valence-electron chi connectivity index (χ0n) is 21.4. The maximum atomic E-state index is 15.8. The molecule has 6 aromatic carbocycles. The van der Waals surface area contributed by atoms with E-state index in [1.165, 1.54) is 0 Å². The molecule has 0 bridgehead atoms. The highest BCUT2D eigenvalue weighted by molar-refractivity contribution is 6.66. The molecule has 0 atom stereocenters. The van der Waals surface area contributed by atoms with E-state index in [-0.39, 0.29) is 24.3 Å². The largest absolute Gasteiger partial charge is 0.636 e. The summed E-state index contributed by atoms with van der Waals surface area (Å²) in [4.78, 5) is 0. The van der Waals surface area contributed by atoms with Crippen molar-refractivity contribution in [3.63, 3.8) is 0 Å². The molecule has 0 unspecified atom stereocenters. The molecule has 2 nitrogen and oxygen atoms in total. The quantitative estimate of drug-likeness (QED) is 0.0604. The lowest BCUT2D eigenvalue weighted by Gasteiger charge is -2.23. The van der Waals surface area contributed by atoms with E-state index in [0.717, 1.165) is 0 Å². The van der Waals surface area contributed by atoms with E-state index in [2.05, 4.69) is 0 Å². The second-order valence-corrected chi connectivity index (χ2v) is 9.40. The average Bonchev–Trinajstić information content (AvgIpc) is 3.01. The van der Waals surface area contributed by atoms with Crippen molar-refractivity contribution in [1.29, 1.82) is 0 Å². The Bertz CT molecular complexity index is 2210. The number of rotatable bonds is 5. The molecule has 0 amide bonds. The van der Waals surface area contributed by atoms with Crippen LogP contribution in [0, 0.1) is 87.3 Å². The van der Waals surface area contributed by atoms with E-state index in [0.29, 0.717) is 0 Å². The fraction of sp³-hybridized carbons (Fsp3) is 0. The molecule has 0 aliphatic carbocycles. The Kier molecular flexibility index (Phi) is 7.08. The molecule has 0 radical (unpaired) electrons. The average molecular weight is 668 g/mol. The van der Waals surface area contributed by atoms with Crippen LogP contribution in [0.4, 0.5) is 65.9 Å². The predicted molar refractivity (Wildman–Crippen MR) is 129 cm³/mol. The van der Waals surface area contributed by atoms with Crippen LogP contribution in [-0.4, -0.2) is 7.12 Å². The van der Waals surface area contributed by atoms with Gasteiger partial charge in [0, 0.05) is 16.2 Å². The van der Waals surface area contributed by atoms with Gasteiger partial charge in [-0.2, -0.15) is 8.78 Å². The van der Waals surface area contributed by atoms with Gasteiger partial charge < -0.3 is 9.31 Å². The van der Waals surface area contributed by atoms with Crippen molar-refractivity contribution >= 4 is 44.9 Å². The predicted octanol–water partition coefficient (Wildman–Crippen LogP) is 8.52. The second kappa shape index (κ2) is 10.5. The first-order chi connectivity index (χ1) is 21.6. The Morgan fingerprint density at radius 1 is 0.304 bits per heavy atom. The molecule has 0 N–H and O–H groups in total. The van der Waals surface area contributed by atoms with Crippen molar-refractivity contribution in [2.24, 2.45) is 0 Å². The van der Waals surface area contributed by atoms with Crippen LogP contribution in [0.5, 0.6) is 11.5 Å². The zero-order valence-corrected chi connectivity index (χ0v) is 21.4. The van der Waals surface area contributed by atoms with Crippen LogP contribution in [0.15, 0.2) is 24.3 Å². The van der Waals surface area contributed by atoms with E-state index in [1.807, 2.05) is 0 Å². The van der Waals surface area contributed by atoms with Gasteiger partial charge in [0.25, 0.3) is 0 Å². The summed E-state index contributed by atoms with van der Waals surface area (Å²) in [5.74, 6) is -39.5. The minimum atomic E-state index is -3.44. The maximum Gasteiger partial charge on any atom is 0.636 e. The highest BCUT2D eigenvalue weighted by atomic mass is 19.2. The summed E-state index contributed by atoms with van der Waals surface area (Å²) in [6.07, 6.45) is 0. The minimum absolute atomic E-state index is 0.160. The summed E-state index contributed by atoms with van der Waals surface area (Å²) >= 11 is 0. The lowest BCUT2D eigenvalue weighted by Crippen LogP contribution is -2.46. The van der Waals surface area contributed by atoms with Crippen LogP contribution in [0.2, 0.25) is 0 Å². The first-order valence-corrected chi connectivity index (χ1v) is 12.1. The smallest absolute Gasteiger partial charge is 0.518 e. The van der Waals surface area contributed by atoms with Crippen molar-refractivity contribution in [1.82, 2.24) is 0 Å². The van der Waals surface area contributed by atoms with Gasteiger partial charge in [-0.05, 0) is 24.3 Å². The monoisotopic (exact) mass is 668 g/mol. The number of hydrogen-bond donors (Lipinski definition) is 0. The summed E-state index contributed by atoms with van der Waals surface area (Å²) in [6, 6.07) is 0.663. The molecule has 236 valence electrons. The summed E-state index contributed by atoms with van der Waals surface area (Å²) in [5.41, 5.74) is -2.06. The van der Waals surface area contributed by atoms with Gasteiger partial charge >= 0.3 is 7.12 Å². The Morgan fingerprint density at radius 3 is 1.02 bits per heavy atom. The Hall–Kier alpha value is -5.03. The molecular weight excluding hydrogens is 664 g/mol. The summed E-state index contributed by atoms with van der Waals surface area (Å²) in [5, 5.41) is -11.1. The molecule has 0 saturated heterocycles. The first-order valence-electron chi connectivity index (χ1n) is 12.1. The molecule has 0 aliphatic heterocycles. The lowest BCUT2D eigenvalue weighted by molar-refractivity contribution is 0.357. The summed E-state index contributed by atoms with van der Waals surface area (Å²) in [7, 11) is -3.44. The van der Waals surface area contributed by atoms with Gasteiger partial charge in [-0.15, -0.1) is 0 Å². The molecule has 0 saturated carbocycles. The number of benzene rings is 6. The van der Waals surface area contributed by atoms with E-state index >= 15 is 22.0 Å². The van der Waals surface area contributed by atoms with E-state index in [9.17, 15) is 43.9 Å². The fourth-order valence-electron chi connectivity index (χ4n) is 4.96. The van der Waals surface area contributed by atoms with Crippen LogP contribution >= 0.6 is 0 Å². The van der Waals surface area contributed by atoms with Gasteiger partial charge in [-0.1, -0.05) is 0 Å². The molecule has 18 heteroatoms. The van der Waals surface area contributed by atoms with Crippen LogP contribution in [0.3, 0.4) is 0 Å². The molecule has 0 heterocycles. The Labute approximate surface area is 243 Å². The number of hydrogen-bond acceptors (Lipinski definition) is 2. The van der Waals surface area contributed by atoms with E-state index in [1.54, 1.807) is 0 Å². The van der Waals surface area contributed by atoms with Crippen LogP contribution in [0.1, 0.15) is 0 Å². The first kappa shape index (κ1) is 31.0. The third kappa shape index (κ3) is 4.11. The molecule has 6 aromatic rings. The van der Waals surface area contributed by atoms with Crippen LogP contribution in [-0.2, 0) is 0 Å². The van der Waals surface area contributed by atoms with Gasteiger partial charge in [0.1, 0.15) is 0 Å². The third-order valence-corrected chi connectivity index (χ3v) is 6.95. The molecular formula is C28H4BF15O2. The topological polar surface area (TPSA) is 18.5 Å². The normalized spacial score (nSPS) is 11.8. The minimum Gasteiger partial charge on any atom is -0.518 e. The molecule has 0 aliphatic rings. The third-order valence-electron chi connectivity index (χ3n) is 6.95. The molecule has 0 aromatic heterocycles. The molecule has 0 fully saturated rings. The maximum absolute atomic E-state index is 15.8.